The van der Waals surface area contributed by atoms with Gasteiger partial charge in [0.2, 0.25) is 0 Å². The Morgan fingerprint density at radius 3 is 2.89 bits per heavy atom. The summed E-state index contributed by atoms with van der Waals surface area (Å²) >= 11 is 11.2. The molecule has 3 N–H and O–H groups in total. The predicted molar refractivity (Wildman–Crippen MR) is 79.3 cm³/mol. The molecule has 2 rings (SSSR count). The van der Waals surface area contributed by atoms with E-state index < -0.39 is 0 Å². The maximum Gasteiger partial charge on any atom is 0.107 e. The molecule has 1 saturated heterocycles. The highest BCUT2D eigenvalue weighted by Gasteiger charge is 2.26. The minimum Gasteiger partial charge on any atom is -0.393 e. The van der Waals surface area contributed by atoms with Crippen LogP contribution in [0.4, 0.5) is 5.69 Å². The molecule has 1 aromatic rings. The first kappa shape index (κ1) is 13.6. The summed E-state index contributed by atoms with van der Waals surface area (Å²) in [5, 5.41) is 10.4. The number of anilines is 1. The molecular formula is C13H17ClN2OS. The second kappa shape index (κ2) is 5.43. The van der Waals surface area contributed by atoms with Crippen molar-refractivity contribution < 1.29 is 5.11 Å². The van der Waals surface area contributed by atoms with E-state index in [2.05, 4.69) is 4.90 Å². The van der Waals surface area contributed by atoms with Crippen LogP contribution < -0.4 is 10.6 Å². The number of hydrogen-bond donors (Lipinski definition) is 2. The summed E-state index contributed by atoms with van der Waals surface area (Å²) in [6.07, 6.45) is 0.526. The summed E-state index contributed by atoms with van der Waals surface area (Å²) in [7, 11) is 0. The van der Waals surface area contributed by atoms with Crippen LogP contribution in [-0.2, 0) is 0 Å². The molecule has 1 aliphatic rings. The van der Waals surface area contributed by atoms with Crippen LogP contribution in [0.25, 0.3) is 0 Å². The predicted octanol–water partition coefficient (Wildman–Crippen LogP) is 2.18. The van der Waals surface area contributed by atoms with Gasteiger partial charge in [0.1, 0.15) is 4.99 Å². The number of piperidine rings is 1. The van der Waals surface area contributed by atoms with Crippen molar-refractivity contribution in [1.29, 1.82) is 0 Å². The fourth-order valence-corrected chi connectivity index (χ4v) is 2.91. The van der Waals surface area contributed by atoms with Crippen LogP contribution in [0.5, 0.6) is 0 Å². The third-order valence-corrected chi connectivity index (χ3v) is 3.96. The number of hydrogen-bond acceptors (Lipinski definition) is 3. The first-order chi connectivity index (χ1) is 8.50. The van der Waals surface area contributed by atoms with Crippen LogP contribution in [0.3, 0.4) is 0 Å². The summed E-state index contributed by atoms with van der Waals surface area (Å²) in [5.41, 5.74) is 7.46. The van der Waals surface area contributed by atoms with Crippen LogP contribution in [0, 0.1) is 5.92 Å². The number of nitrogens with two attached hydrogens (primary N) is 1. The zero-order chi connectivity index (χ0) is 13.3. The van der Waals surface area contributed by atoms with Crippen molar-refractivity contribution in [3.05, 3.63) is 28.8 Å². The molecule has 0 spiro atoms. The molecule has 0 amide bonds. The fraction of sp³-hybridized carbons (Fsp3) is 0.462. The summed E-state index contributed by atoms with van der Waals surface area (Å²) in [6.45, 7) is 3.63. The molecule has 0 aliphatic carbocycles. The van der Waals surface area contributed by atoms with Gasteiger partial charge in [0.05, 0.1) is 16.7 Å². The Balaban J connectivity index is 2.34. The van der Waals surface area contributed by atoms with E-state index in [0.29, 0.717) is 10.0 Å². The second-order valence-corrected chi connectivity index (χ2v) is 5.62. The number of nitrogens with zero attached hydrogens (tertiary/aromatic N) is 1. The van der Waals surface area contributed by atoms with Gasteiger partial charge in [-0.1, -0.05) is 36.8 Å². The second-order valence-electron chi connectivity index (χ2n) is 4.78. The van der Waals surface area contributed by atoms with Gasteiger partial charge in [0.25, 0.3) is 0 Å². The van der Waals surface area contributed by atoms with Gasteiger partial charge >= 0.3 is 0 Å². The highest BCUT2D eigenvalue weighted by Crippen LogP contribution is 2.30. The van der Waals surface area contributed by atoms with Gasteiger partial charge in [-0.2, -0.15) is 0 Å². The molecule has 2 atom stereocenters. The Morgan fingerprint density at radius 2 is 2.28 bits per heavy atom. The van der Waals surface area contributed by atoms with Gasteiger partial charge in [0, 0.05) is 18.8 Å². The lowest BCUT2D eigenvalue weighted by Gasteiger charge is -2.37. The number of aliphatic hydroxyl groups excluding tert-OH is 1. The third-order valence-electron chi connectivity index (χ3n) is 3.44. The number of aliphatic hydroxyl groups is 1. The summed E-state index contributed by atoms with van der Waals surface area (Å²) in [6, 6.07) is 5.67. The Labute approximate surface area is 118 Å². The number of thiocarbonyl (C=S) groups is 1. The van der Waals surface area contributed by atoms with Crippen LogP contribution in [0.1, 0.15) is 18.9 Å². The van der Waals surface area contributed by atoms with E-state index in [1.54, 1.807) is 6.07 Å². The standard InChI is InChI=1S/C13H17ClN2OS/c1-8-7-16(6-5-11(8)17)10-4-2-3-9(14)12(10)13(15)18/h2-4,8,11,17H,5-7H2,1H3,(H2,15,18). The quantitative estimate of drug-likeness (QED) is 0.818. The van der Waals surface area contributed by atoms with Gasteiger partial charge in [-0.05, 0) is 24.5 Å². The van der Waals surface area contributed by atoms with Gasteiger partial charge in [-0.25, -0.2) is 0 Å². The van der Waals surface area contributed by atoms with Crippen molar-refractivity contribution in [2.24, 2.45) is 11.7 Å². The highest BCUT2D eigenvalue weighted by molar-refractivity contribution is 7.80. The largest absolute Gasteiger partial charge is 0.393 e. The fourth-order valence-electron chi connectivity index (χ4n) is 2.37. The van der Waals surface area contributed by atoms with Crippen molar-refractivity contribution in [1.82, 2.24) is 0 Å². The summed E-state index contributed by atoms with van der Waals surface area (Å²) in [4.78, 5) is 2.51. The van der Waals surface area contributed by atoms with Gasteiger partial charge in [0.15, 0.2) is 0 Å². The molecule has 18 heavy (non-hydrogen) atoms. The molecule has 0 bridgehead atoms. The topological polar surface area (TPSA) is 49.5 Å². The molecule has 3 nitrogen and oxygen atoms in total. The van der Waals surface area contributed by atoms with Crippen molar-refractivity contribution in [3.8, 4) is 0 Å². The lowest BCUT2D eigenvalue weighted by atomic mass is 9.95. The maximum absolute atomic E-state index is 9.77. The van der Waals surface area contributed by atoms with Gasteiger partial charge in [-0.15, -0.1) is 0 Å². The Morgan fingerprint density at radius 1 is 1.56 bits per heavy atom. The van der Waals surface area contributed by atoms with E-state index in [-0.39, 0.29) is 12.0 Å². The third kappa shape index (κ3) is 2.60. The average molecular weight is 285 g/mol. The smallest absolute Gasteiger partial charge is 0.107 e. The minimum atomic E-state index is -0.228. The van der Waals surface area contributed by atoms with Crippen LogP contribution >= 0.6 is 23.8 Å². The van der Waals surface area contributed by atoms with Crippen molar-refractivity contribution >= 4 is 34.5 Å². The van der Waals surface area contributed by atoms with E-state index in [1.807, 2.05) is 19.1 Å². The monoisotopic (exact) mass is 284 g/mol. The van der Waals surface area contributed by atoms with Crippen LogP contribution in [0.2, 0.25) is 5.02 Å². The lowest BCUT2D eigenvalue weighted by molar-refractivity contribution is 0.0971. The SMILES string of the molecule is CC1CN(c2cccc(Cl)c2C(N)=S)CCC1O. The lowest BCUT2D eigenvalue weighted by Crippen LogP contribution is -2.42. The van der Waals surface area contributed by atoms with E-state index >= 15 is 0 Å². The Hall–Kier alpha value is -0.840. The molecule has 1 fully saturated rings. The first-order valence-electron chi connectivity index (χ1n) is 6.02. The minimum absolute atomic E-state index is 0.228. The zero-order valence-electron chi connectivity index (χ0n) is 10.3. The number of halogens is 1. The molecule has 1 heterocycles. The molecule has 0 aromatic heterocycles. The molecule has 5 heteroatoms. The van der Waals surface area contributed by atoms with Crippen molar-refractivity contribution in [2.45, 2.75) is 19.4 Å². The Kier molecular flexibility index (Phi) is 4.10. The average Bonchev–Trinajstić information content (AvgIpc) is 2.32. The number of benzene rings is 1. The maximum atomic E-state index is 9.77. The van der Waals surface area contributed by atoms with E-state index in [0.717, 1.165) is 30.8 Å². The van der Waals surface area contributed by atoms with Crippen LogP contribution in [-0.4, -0.2) is 29.3 Å². The molecule has 1 aromatic carbocycles. The molecular weight excluding hydrogens is 268 g/mol. The highest BCUT2D eigenvalue weighted by atomic mass is 35.5. The van der Waals surface area contributed by atoms with Gasteiger partial charge in [-0.3, -0.25) is 0 Å². The van der Waals surface area contributed by atoms with Crippen molar-refractivity contribution in [2.75, 3.05) is 18.0 Å². The van der Waals surface area contributed by atoms with Crippen LogP contribution in [0.15, 0.2) is 18.2 Å². The molecule has 98 valence electrons. The Bertz CT molecular complexity index is 466. The first-order valence-corrected chi connectivity index (χ1v) is 6.80. The van der Waals surface area contributed by atoms with E-state index in [4.69, 9.17) is 29.6 Å². The molecule has 1 aliphatic heterocycles. The summed E-state index contributed by atoms with van der Waals surface area (Å²) < 4.78 is 0. The normalized spacial score (nSPS) is 24.1. The molecule has 0 radical (unpaired) electrons. The molecule has 0 saturated carbocycles. The van der Waals surface area contributed by atoms with Crippen molar-refractivity contribution in [3.63, 3.8) is 0 Å². The summed E-state index contributed by atoms with van der Waals surface area (Å²) in [5.74, 6) is 0.233. The zero-order valence-corrected chi connectivity index (χ0v) is 11.8. The van der Waals surface area contributed by atoms with E-state index in [9.17, 15) is 5.11 Å². The van der Waals surface area contributed by atoms with Gasteiger partial charge < -0.3 is 15.7 Å². The number of rotatable bonds is 2. The van der Waals surface area contributed by atoms with E-state index in [1.165, 1.54) is 0 Å². The molecule has 2 unspecified atom stereocenters.